The Hall–Kier alpha value is -2.18. The number of nitrogens with zero attached hydrogens (tertiary/aromatic N) is 5. The van der Waals surface area contributed by atoms with E-state index in [-0.39, 0.29) is 12.5 Å². The minimum atomic E-state index is -0.350. The average molecular weight is 303 g/mol. The lowest BCUT2D eigenvalue weighted by atomic mass is 9.99. The predicted molar refractivity (Wildman–Crippen MR) is 82.5 cm³/mol. The molecule has 0 N–H and O–H groups in total. The molecule has 1 unspecified atom stereocenters. The molecule has 1 aliphatic rings. The van der Waals surface area contributed by atoms with E-state index < -0.39 is 0 Å². The number of carbonyl (C=O) groups excluding carboxylic acids is 1. The quantitative estimate of drug-likeness (QED) is 0.782. The van der Waals surface area contributed by atoms with Gasteiger partial charge in [0.05, 0.1) is 18.7 Å². The fourth-order valence-corrected chi connectivity index (χ4v) is 2.73. The van der Waals surface area contributed by atoms with Crippen molar-refractivity contribution < 1.29 is 9.53 Å². The normalized spacial score (nSPS) is 17.3. The average Bonchev–Trinajstić information content (AvgIpc) is 3.15. The van der Waals surface area contributed by atoms with Gasteiger partial charge in [0.25, 0.3) is 0 Å². The molecule has 0 aliphatic heterocycles. The van der Waals surface area contributed by atoms with Gasteiger partial charge in [-0.15, -0.1) is 0 Å². The van der Waals surface area contributed by atoms with Crippen molar-refractivity contribution in [1.82, 2.24) is 19.7 Å². The van der Waals surface area contributed by atoms with Crippen molar-refractivity contribution in [3.8, 4) is 0 Å². The zero-order valence-electron chi connectivity index (χ0n) is 13.4. The van der Waals surface area contributed by atoms with E-state index in [1.165, 1.54) is 26.3 Å². The first-order chi connectivity index (χ1) is 10.5. The first kappa shape index (κ1) is 14.7. The van der Waals surface area contributed by atoms with Crippen LogP contribution in [0.2, 0.25) is 0 Å². The zero-order chi connectivity index (χ0) is 15.9. The van der Waals surface area contributed by atoms with Gasteiger partial charge in [0.15, 0.2) is 5.65 Å². The molecule has 0 bridgehead atoms. The molecule has 7 heteroatoms. The van der Waals surface area contributed by atoms with Gasteiger partial charge in [-0.2, -0.15) is 5.10 Å². The highest BCUT2D eigenvalue weighted by atomic mass is 16.5. The second-order valence-corrected chi connectivity index (χ2v) is 6.25. The summed E-state index contributed by atoms with van der Waals surface area (Å²) in [6, 6.07) is 0.384. The number of fused-ring (bicyclic) bond motifs is 1. The number of aromatic nitrogens is 4. The van der Waals surface area contributed by atoms with Crippen LogP contribution >= 0.6 is 0 Å². The number of hydrogen-bond donors (Lipinski definition) is 0. The topological polar surface area (TPSA) is 73.1 Å². The summed E-state index contributed by atoms with van der Waals surface area (Å²) >= 11 is 0. The summed E-state index contributed by atoms with van der Waals surface area (Å²) in [5, 5.41) is 5.10. The van der Waals surface area contributed by atoms with E-state index in [9.17, 15) is 4.79 Å². The molecular formula is C15H21N5O2. The molecule has 0 amide bonds. The Labute approximate surface area is 129 Å². The molecule has 1 aliphatic carbocycles. The Bertz CT molecular complexity index is 707. The van der Waals surface area contributed by atoms with Gasteiger partial charge in [-0.05, 0) is 25.2 Å². The summed E-state index contributed by atoms with van der Waals surface area (Å²) in [6.07, 6.45) is 5.72. The maximum absolute atomic E-state index is 11.5. The van der Waals surface area contributed by atoms with Crippen LogP contribution in [0.1, 0.15) is 26.7 Å². The Morgan fingerprint density at radius 1 is 1.50 bits per heavy atom. The lowest BCUT2D eigenvalue weighted by molar-refractivity contribution is -0.141. The molecule has 0 spiro atoms. The van der Waals surface area contributed by atoms with E-state index in [4.69, 9.17) is 0 Å². The molecule has 3 rings (SSSR count). The van der Waals surface area contributed by atoms with E-state index in [0.29, 0.717) is 17.1 Å². The van der Waals surface area contributed by atoms with Crippen molar-refractivity contribution in [2.24, 2.45) is 5.41 Å². The standard InChI is InChI=1S/C15H21N5O2/c1-10(15(2)5-6-15)19(3)13-11-7-18-20(8-12(21)22-4)14(11)17-9-16-13/h7,9-10H,5-6,8H2,1-4H3. The second kappa shape index (κ2) is 5.23. The largest absolute Gasteiger partial charge is 0.468 e. The van der Waals surface area contributed by atoms with E-state index in [1.54, 1.807) is 10.9 Å². The Kier molecular flexibility index (Phi) is 3.50. The predicted octanol–water partition coefficient (Wildman–Crippen LogP) is 1.62. The summed E-state index contributed by atoms with van der Waals surface area (Å²) in [6.45, 7) is 4.57. The van der Waals surface area contributed by atoms with Crippen LogP contribution in [0.3, 0.4) is 0 Å². The van der Waals surface area contributed by atoms with Crippen LogP contribution in [0.5, 0.6) is 0 Å². The maximum atomic E-state index is 11.5. The summed E-state index contributed by atoms with van der Waals surface area (Å²) in [5.41, 5.74) is 1.00. The third-order valence-corrected chi connectivity index (χ3v) is 4.88. The summed E-state index contributed by atoms with van der Waals surface area (Å²) in [5.74, 6) is 0.499. The van der Waals surface area contributed by atoms with Gasteiger partial charge in [0.1, 0.15) is 18.7 Å². The summed E-state index contributed by atoms with van der Waals surface area (Å²) < 4.78 is 6.23. The van der Waals surface area contributed by atoms with Crippen molar-refractivity contribution in [3.05, 3.63) is 12.5 Å². The molecule has 118 valence electrons. The van der Waals surface area contributed by atoms with Crippen LogP contribution in [0.15, 0.2) is 12.5 Å². The molecule has 1 atom stereocenters. The van der Waals surface area contributed by atoms with Crippen LogP contribution in [-0.4, -0.2) is 45.9 Å². The monoisotopic (exact) mass is 303 g/mol. The van der Waals surface area contributed by atoms with E-state index >= 15 is 0 Å². The third-order valence-electron chi connectivity index (χ3n) is 4.88. The van der Waals surface area contributed by atoms with Crippen LogP contribution in [-0.2, 0) is 16.1 Å². The molecule has 2 heterocycles. The van der Waals surface area contributed by atoms with Crippen LogP contribution in [0, 0.1) is 5.41 Å². The minimum absolute atomic E-state index is 0.0490. The lowest BCUT2D eigenvalue weighted by Gasteiger charge is -2.31. The van der Waals surface area contributed by atoms with Crippen molar-refractivity contribution >= 4 is 22.8 Å². The van der Waals surface area contributed by atoms with Crippen LogP contribution < -0.4 is 4.90 Å². The molecule has 0 aromatic carbocycles. The number of rotatable bonds is 5. The van der Waals surface area contributed by atoms with Crippen LogP contribution in [0.4, 0.5) is 5.82 Å². The number of anilines is 1. The van der Waals surface area contributed by atoms with E-state index in [2.05, 4.69) is 38.6 Å². The lowest BCUT2D eigenvalue weighted by Crippen LogP contribution is -2.36. The van der Waals surface area contributed by atoms with E-state index in [0.717, 1.165) is 11.2 Å². The fraction of sp³-hybridized carbons (Fsp3) is 0.600. The molecule has 0 radical (unpaired) electrons. The number of esters is 1. The SMILES string of the molecule is COC(=O)Cn1ncc2c(N(C)C(C)C3(C)CC3)ncnc21. The Morgan fingerprint density at radius 3 is 2.86 bits per heavy atom. The van der Waals surface area contributed by atoms with Crippen molar-refractivity contribution in [3.63, 3.8) is 0 Å². The molecule has 1 saturated carbocycles. The maximum Gasteiger partial charge on any atom is 0.327 e. The van der Waals surface area contributed by atoms with Crippen molar-refractivity contribution in [2.75, 3.05) is 19.1 Å². The number of methoxy groups -OCH3 is 1. The molecular weight excluding hydrogens is 282 g/mol. The molecule has 1 fully saturated rings. The van der Waals surface area contributed by atoms with Gasteiger partial charge in [-0.3, -0.25) is 4.79 Å². The van der Waals surface area contributed by atoms with Gasteiger partial charge in [-0.1, -0.05) is 6.92 Å². The van der Waals surface area contributed by atoms with Crippen molar-refractivity contribution in [1.29, 1.82) is 0 Å². The number of hydrogen-bond acceptors (Lipinski definition) is 6. The summed E-state index contributed by atoms with van der Waals surface area (Å²) in [7, 11) is 3.41. The van der Waals surface area contributed by atoms with Gasteiger partial charge >= 0.3 is 5.97 Å². The molecule has 0 saturated heterocycles. The molecule has 2 aromatic heterocycles. The first-order valence-corrected chi connectivity index (χ1v) is 7.42. The highest BCUT2D eigenvalue weighted by Gasteiger charge is 2.44. The Balaban J connectivity index is 1.95. The highest BCUT2D eigenvalue weighted by Crippen LogP contribution is 2.50. The number of ether oxygens (including phenoxy) is 1. The molecule has 7 nitrogen and oxygen atoms in total. The Morgan fingerprint density at radius 2 is 2.23 bits per heavy atom. The van der Waals surface area contributed by atoms with Gasteiger partial charge in [0.2, 0.25) is 0 Å². The molecule has 2 aromatic rings. The molecule has 22 heavy (non-hydrogen) atoms. The van der Waals surface area contributed by atoms with Crippen LogP contribution in [0.25, 0.3) is 11.0 Å². The fourth-order valence-electron chi connectivity index (χ4n) is 2.73. The third kappa shape index (κ3) is 2.40. The first-order valence-electron chi connectivity index (χ1n) is 7.42. The second-order valence-electron chi connectivity index (χ2n) is 6.25. The smallest absolute Gasteiger partial charge is 0.327 e. The highest BCUT2D eigenvalue weighted by molar-refractivity contribution is 5.87. The number of carbonyl (C=O) groups is 1. The van der Waals surface area contributed by atoms with Gasteiger partial charge in [0, 0.05) is 13.1 Å². The van der Waals surface area contributed by atoms with Gasteiger partial charge in [-0.25, -0.2) is 14.6 Å². The minimum Gasteiger partial charge on any atom is -0.468 e. The van der Waals surface area contributed by atoms with E-state index in [1.807, 2.05) is 7.05 Å². The van der Waals surface area contributed by atoms with Gasteiger partial charge < -0.3 is 9.64 Å². The zero-order valence-corrected chi connectivity index (χ0v) is 13.4. The van der Waals surface area contributed by atoms with Crippen molar-refractivity contribution in [2.45, 2.75) is 39.3 Å². The summed E-state index contributed by atoms with van der Waals surface area (Å²) in [4.78, 5) is 22.3.